The highest BCUT2D eigenvalue weighted by molar-refractivity contribution is 6.30. The number of halogens is 1. The molecule has 1 aromatic carbocycles. The van der Waals surface area contributed by atoms with E-state index in [1.54, 1.807) is 12.4 Å². The van der Waals surface area contributed by atoms with E-state index in [4.69, 9.17) is 17.3 Å². The molecule has 2 aromatic heterocycles. The number of nitrogens with zero attached hydrogens (tertiary/aromatic N) is 4. The van der Waals surface area contributed by atoms with Gasteiger partial charge in [-0.2, -0.15) is 0 Å². The van der Waals surface area contributed by atoms with E-state index in [1.807, 2.05) is 48.4 Å². The summed E-state index contributed by atoms with van der Waals surface area (Å²) in [5.41, 5.74) is 9.57. The molecule has 160 valence electrons. The summed E-state index contributed by atoms with van der Waals surface area (Å²) in [6.07, 6.45) is 7.81. The maximum absolute atomic E-state index is 12.9. The number of anilines is 1. The highest BCUT2D eigenvalue weighted by atomic mass is 35.5. The number of hydrogen-bond acceptors (Lipinski definition) is 5. The molecule has 7 heteroatoms. The number of carbonyl (C=O) groups excluding carboxylic acids is 1. The number of amides is 1. The number of nitrogen functional groups attached to an aromatic ring is 1. The molecule has 2 N–H and O–H groups in total. The van der Waals surface area contributed by atoms with Gasteiger partial charge < -0.3 is 10.6 Å². The minimum absolute atomic E-state index is 0.0606. The van der Waals surface area contributed by atoms with Crippen LogP contribution in [-0.2, 0) is 11.2 Å². The Morgan fingerprint density at radius 1 is 1.10 bits per heavy atom. The Morgan fingerprint density at radius 2 is 1.81 bits per heavy atom. The molecule has 3 aromatic rings. The Morgan fingerprint density at radius 3 is 2.45 bits per heavy atom. The SMILES string of the molecule is C[C@H](Cc1cccc(Cl)c1)C(=O)N1CCC(c2ccc(-c3cnc(N)nc3)cn2)CC1. The van der Waals surface area contributed by atoms with E-state index in [9.17, 15) is 4.79 Å². The monoisotopic (exact) mass is 435 g/mol. The second-order valence-electron chi connectivity index (χ2n) is 8.14. The van der Waals surface area contributed by atoms with Crippen LogP contribution in [0.3, 0.4) is 0 Å². The van der Waals surface area contributed by atoms with E-state index in [2.05, 4.69) is 21.0 Å². The van der Waals surface area contributed by atoms with Crippen LogP contribution in [0.25, 0.3) is 11.1 Å². The lowest BCUT2D eigenvalue weighted by Gasteiger charge is -2.33. The largest absolute Gasteiger partial charge is 0.368 e. The number of likely N-dealkylation sites (tertiary alicyclic amines) is 1. The quantitative estimate of drug-likeness (QED) is 0.643. The zero-order chi connectivity index (χ0) is 21.8. The number of hydrogen-bond donors (Lipinski definition) is 1. The fraction of sp³-hybridized carbons (Fsp3) is 0.333. The summed E-state index contributed by atoms with van der Waals surface area (Å²) in [5.74, 6) is 0.778. The minimum atomic E-state index is -0.0606. The van der Waals surface area contributed by atoms with Gasteiger partial charge in [-0.3, -0.25) is 9.78 Å². The summed E-state index contributed by atoms with van der Waals surface area (Å²) in [7, 11) is 0. The molecular formula is C24H26ClN5O. The fourth-order valence-electron chi connectivity index (χ4n) is 4.12. The van der Waals surface area contributed by atoms with Crippen LogP contribution in [0.15, 0.2) is 55.0 Å². The smallest absolute Gasteiger partial charge is 0.225 e. The van der Waals surface area contributed by atoms with Crippen LogP contribution in [0.2, 0.25) is 5.02 Å². The molecule has 0 bridgehead atoms. The fourth-order valence-corrected chi connectivity index (χ4v) is 4.33. The van der Waals surface area contributed by atoms with Crippen LogP contribution in [0.1, 0.15) is 36.9 Å². The lowest BCUT2D eigenvalue weighted by atomic mass is 9.91. The average Bonchev–Trinajstić information content (AvgIpc) is 2.79. The molecule has 4 rings (SSSR count). The van der Waals surface area contributed by atoms with Gasteiger partial charge in [-0.15, -0.1) is 0 Å². The Kier molecular flexibility index (Phi) is 6.47. The summed E-state index contributed by atoms with van der Waals surface area (Å²) in [4.78, 5) is 27.6. The number of aromatic nitrogens is 3. The molecule has 1 aliphatic rings. The highest BCUT2D eigenvalue weighted by Crippen LogP contribution is 2.29. The van der Waals surface area contributed by atoms with E-state index in [1.165, 1.54) is 0 Å². The second-order valence-corrected chi connectivity index (χ2v) is 8.57. The molecule has 0 unspecified atom stereocenters. The number of piperidine rings is 1. The summed E-state index contributed by atoms with van der Waals surface area (Å²) in [6.45, 7) is 3.52. The first kappa shape index (κ1) is 21.2. The predicted octanol–water partition coefficient (Wildman–Crippen LogP) is 4.36. The van der Waals surface area contributed by atoms with Crippen LogP contribution < -0.4 is 5.73 Å². The van der Waals surface area contributed by atoms with E-state index in [0.717, 1.165) is 48.3 Å². The summed E-state index contributed by atoms with van der Waals surface area (Å²) >= 11 is 6.07. The van der Waals surface area contributed by atoms with Crippen molar-refractivity contribution in [1.82, 2.24) is 19.9 Å². The first-order chi connectivity index (χ1) is 15.0. The van der Waals surface area contributed by atoms with Crippen molar-refractivity contribution >= 4 is 23.5 Å². The molecule has 1 aliphatic heterocycles. The Labute approximate surface area is 187 Å². The van der Waals surface area contributed by atoms with Gasteiger partial charge in [0.05, 0.1) is 0 Å². The van der Waals surface area contributed by atoms with Crippen LogP contribution >= 0.6 is 11.6 Å². The Bertz CT molecular complexity index is 1030. The summed E-state index contributed by atoms with van der Waals surface area (Å²) < 4.78 is 0. The standard InChI is InChI=1S/C24H26ClN5O/c1-16(11-17-3-2-4-21(25)12-17)23(31)30-9-7-18(8-10-30)22-6-5-19(13-27-22)20-14-28-24(26)29-15-20/h2-6,12-16,18H,7-11H2,1H3,(H2,26,28,29)/t16-/m1/s1. The molecule has 0 radical (unpaired) electrons. The van der Waals surface area contributed by atoms with Gasteiger partial charge in [0.1, 0.15) is 0 Å². The summed E-state index contributed by atoms with van der Waals surface area (Å²) in [5, 5.41) is 0.709. The third-order valence-electron chi connectivity index (χ3n) is 5.87. The summed E-state index contributed by atoms with van der Waals surface area (Å²) in [6, 6.07) is 11.8. The van der Waals surface area contributed by atoms with Crippen LogP contribution in [-0.4, -0.2) is 38.8 Å². The molecule has 3 heterocycles. The van der Waals surface area contributed by atoms with Crippen LogP contribution in [0.4, 0.5) is 5.95 Å². The number of nitrogens with two attached hydrogens (primary N) is 1. The zero-order valence-electron chi connectivity index (χ0n) is 17.5. The lowest BCUT2D eigenvalue weighted by molar-refractivity contribution is -0.136. The normalized spacial score (nSPS) is 15.6. The van der Waals surface area contributed by atoms with Gasteiger partial charge in [0.25, 0.3) is 0 Å². The lowest BCUT2D eigenvalue weighted by Crippen LogP contribution is -2.41. The van der Waals surface area contributed by atoms with E-state index >= 15 is 0 Å². The van der Waals surface area contributed by atoms with Crippen LogP contribution in [0.5, 0.6) is 0 Å². The van der Waals surface area contributed by atoms with Crippen molar-refractivity contribution in [2.45, 2.75) is 32.1 Å². The number of benzene rings is 1. The van der Waals surface area contributed by atoms with Crippen molar-refractivity contribution < 1.29 is 4.79 Å². The molecular weight excluding hydrogens is 410 g/mol. The molecule has 0 spiro atoms. The second kappa shape index (κ2) is 9.43. The molecule has 1 saturated heterocycles. The van der Waals surface area contributed by atoms with Crippen molar-refractivity contribution in [2.24, 2.45) is 5.92 Å². The van der Waals surface area contributed by atoms with Crippen molar-refractivity contribution in [3.63, 3.8) is 0 Å². The first-order valence-electron chi connectivity index (χ1n) is 10.6. The van der Waals surface area contributed by atoms with E-state index in [-0.39, 0.29) is 17.8 Å². The third kappa shape index (κ3) is 5.20. The van der Waals surface area contributed by atoms with Crippen LogP contribution in [0, 0.1) is 5.92 Å². The van der Waals surface area contributed by atoms with Gasteiger partial charge in [-0.05, 0) is 43.0 Å². The number of pyridine rings is 1. The Hall–Kier alpha value is -2.99. The molecule has 6 nitrogen and oxygen atoms in total. The van der Waals surface area contributed by atoms with Gasteiger partial charge in [-0.1, -0.05) is 36.7 Å². The maximum atomic E-state index is 12.9. The topological polar surface area (TPSA) is 85.0 Å². The molecule has 0 saturated carbocycles. The Balaban J connectivity index is 1.32. The molecule has 1 atom stereocenters. The van der Waals surface area contributed by atoms with Crippen molar-refractivity contribution in [2.75, 3.05) is 18.8 Å². The predicted molar refractivity (Wildman–Crippen MR) is 123 cm³/mol. The van der Waals surface area contributed by atoms with E-state index in [0.29, 0.717) is 17.4 Å². The van der Waals surface area contributed by atoms with E-state index < -0.39 is 0 Å². The van der Waals surface area contributed by atoms with Gasteiger partial charge in [0.2, 0.25) is 11.9 Å². The minimum Gasteiger partial charge on any atom is -0.368 e. The maximum Gasteiger partial charge on any atom is 0.225 e. The van der Waals surface area contributed by atoms with Gasteiger partial charge in [0, 0.05) is 65.4 Å². The zero-order valence-corrected chi connectivity index (χ0v) is 18.3. The van der Waals surface area contributed by atoms with Gasteiger partial charge >= 0.3 is 0 Å². The molecule has 1 fully saturated rings. The van der Waals surface area contributed by atoms with Gasteiger partial charge in [0.15, 0.2) is 0 Å². The number of carbonyl (C=O) groups is 1. The van der Waals surface area contributed by atoms with Crippen molar-refractivity contribution in [3.05, 3.63) is 71.3 Å². The van der Waals surface area contributed by atoms with Gasteiger partial charge in [-0.25, -0.2) is 9.97 Å². The third-order valence-corrected chi connectivity index (χ3v) is 6.10. The molecule has 1 amide bonds. The molecule has 0 aliphatic carbocycles. The number of rotatable bonds is 5. The highest BCUT2D eigenvalue weighted by Gasteiger charge is 2.27. The average molecular weight is 436 g/mol. The molecule has 31 heavy (non-hydrogen) atoms. The van der Waals surface area contributed by atoms with Crippen molar-refractivity contribution in [3.8, 4) is 11.1 Å². The van der Waals surface area contributed by atoms with Crippen molar-refractivity contribution in [1.29, 1.82) is 0 Å². The first-order valence-corrected chi connectivity index (χ1v) is 10.9.